The molecule has 0 aliphatic carbocycles. The van der Waals surface area contributed by atoms with Crippen LogP contribution in [-0.4, -0.2) is 42.5 Å². The van der Waals surface area contributed by atoms with Crippen LogP contribution in [0.1, 0.15) is 46.3 Å². The molecule has 0 atom stereocenters. The average molecular weight is 540 g/mol. The lowest BCUT2D eigenvalue weighted by Crippen LogP contribution is -2.31. The summed E-state index contributed by atoms with van der Waals surface area (Å²) in [6.45, 7) is 8.99. The van der Waals surface area contributed by atoms with Crippen LogP contribution in [0, 0.1) is 20.8 Å². The van der Waals surface area contributed by atoms with E-state index in [1.807, 2.05) is 50.6 Å². The highest BCUT2D eigenvalue weighted by atomic mass is 35.5. The molecule has 1 amide bonds. The number of pyridine rings is 1. The largest absolute Gasteiger partial charge is 0.375 e. The van der Waals surface area contributed by atoms with E-state index >= 15 is 0 Å². The molecule has 2 heterocycles. The van der Waals surface area contributed by atoms with Gasteiger partial charge < -0.3 is 9.47 Å². The van der Waals surface area contributed by atoms with Crippen molar-refractivity contribution in [3.05, 3.63) is 81.8 Å². The van der Waals surface area contributed by atoms with E-state index in [4.69, 9.17) is 11.6 Å². The molecule has 0 aliphatic heterocycles. The highest BCUT2D eigenvalue weighted by Crippen LogP contribution is 2.27. The Kier molecular flexibility index (Phi) is 7.57. The Hall–Kier alpha value is -3.43. The third-order valence-electron chi connectivity index (χ3n) is 6.24. The van der Waals surface area contributed by atoms with Crippen molar-refractivity contribution in [1.82, 2.24) is 19.3 Å². The molecule has 2 aromatic heterocycles. The van der Waals surface area contributed by atoms with Gasteiger partial charge in [-0.3, -0.25) is 4.79 Å². The number of anilines is 1. The van der Waals surface area contributed by atoms with E-state index in [0.29, 0.717) is 34.1 Å². The molecule has 4 rings (SSSR count). The zero-order valence-corrected chi connectivity index (χ0v) is 23.1. The van der Waals surface area contributed by atoms with Crippen LogP contribution in [-0.2, 0) is 16.6 Å². The predicted molar refractivity (Wildman–Crippen MR) is 147 cm³/mol. The van der Waals surface area contributed by atoms with Crippen LogP contribution in [0.4, 0.5) is 5.69 Å². The fourth-order valence-corrected chi connectivity index (χ4v) is 5.34. The van der Waals surface area contributed by atoms with E-state index in [1.165, 1.54) is 12.1 Å². The molecule has 8 nitrogen and oxygen atoms in total. The van der Waals surface area contributed by atoms with Gasteiger partial charge in [0, 0.05) is 24.3 Å². The lowest BCUT2D eigenvalue weighted by atomic mass is 10.2. The fraction of sp³-hybridized carbons (Fsp3) is 0.296. The second-order valence-electron chi connectivity index (χ2n) is 9.19. The number of hydrogen-bond donors (Lipinski definition) is 1. The summed E-state index contributed by atoms with van der Waals surface area (Å²) in [5.41, 5.74) is 4.67. The van der Waals surface area contributed by atoms with Gasteiger partial charge in [0.15, 0.2) is 5.65 Å². The average Bonchev–Trinajstić information content (AvgIpc) is 3.16. The number of hydrogen-bond acceptors (Lipinski definition) is 6. The van der Waals surface area contributed by atoms with E-state index in [-0.39, 0.29) is 10.6 Å². The second kappa shape index (κ2) is 10.5. The molecule has 0 saturated heterocycles. The Morgan fingerprint density at radius 1 is 1.05 bits per heavy atom. The van der Waals surface area contributed by atoms with Gasteiger partial charge in [0.05, 0.1) is 11.4 Å². The van der Waals surface area contributed by atoms with Gasteiger partial charge in [0.1, 0.15) is 17.0 Å². The number of amides is 1. The Labute approximate surface area is 222 Å². The third kappa shape index (κ3) is 5.62. The molecule has 0 bridgehead atoms. The van der Waals surface area contributed by atoms with E-state index in [0.717, 1.165) is 29.8 Å². The predicted octanol–water partition coefficient (Wildman–Crippen LogP) is 5.02. The molecule has 2 aromatic carbocycles. The van der Waals surface area contributed by atoms with Crippen molar-refractivity contribution < 1.29 is 13.2 Å². The molecule has 1 N–H and O–H groups in total. The Morgan fingerprint density at radius 2 is 1.76 bits per heavy atom. The smallest absolute Gasteiger partial charge is 0.283 e. The van der Waals surface area contributed by atoms with Gasteiger partial charge in [0.2, 0.25) is 0 Å². The first kappa shape index (κ1) is 26.6. The van der Waals surface area contributed by atoms with Crippen LogP contribution in [0.25, 0.3) is 11.2 Å². The molecule has 0 unspecified atom stereocenters. The molecule has 0 saturated carbocycles. The van der Waals surface area contributed by atoms with Crippen LogP contribution in [0.3, 0.4) is 0 Å². The van der Waals surface area contributed by atoms with Gasteiger partial charge in [0.25, 0.3) is 15.9 Å². The van der Waals surface area contributed by atoms with Gasteiger partial charge in [-0.25, -0.2) is 23.1 Å². The Morgan fingerprint density at radius 3 is 2.41 bits per heavy atom. The van der Waals surface area contributed by atoms with E-state index in [2.05, 4.69) is 26.5 Å². The first-order valence-electron chi connectivity index (χ1n) is 12.0. The van der Waals surface area contributed by atoms with Crippen molar-refractivity contribution in [1.29, 1.82) is 0 Å². The summed E-state index contributed by atoms with van der Waals surface area (Å²) < 4.78 is 29.5. The lowest BCUT2D eigenvalue weighted by molar-refractivity contribution is 0.0976. The fourth-order valence-electron chi connectivity index (χ4n) is 4.14. The number of benzene rings is 2. The summed E-state index contributed by atoms with van der Waals surface area (Å²) in [5.74, 6) is -0.101. The van der Waals surface area contributed by atoms with Crippen LogP contribution in [0.5, 0.6) is 0 Å². The number of imidazole rings is 1. The zero-order chi connectivity index (χ0) is 26.9. The first-order chi connectivity index (χ1) is 17.5. The molecular weight excluding hydrogens is 510 g/mol. The standard InChI is InChI=1S/C27H30ClN5O3S/c1-6-13-32(5)21-10-9-20(23(28)15-21)16-33-19(4)29-25-18(3)14-24(30-26(25)33)27(34)31-37(35,36)22-11-7-17(2)8-12-22/h7-12,14-15H,6,13,16H2,1-5H3,(H,31,34). The maximum atomic E-state index is 13.0. The van der Waals surface area contributed by atoms with E-state index in [1.54, 1.807) is 18.2 Å². The zero-order valence-electron chi connectivity index (χ0n) is 21.5. The summed E-state index contributed by atoms with van der Waals surface area (Å²) in [7, 11) is -2.02. The van der Waals surface area contributed by atoms with E-state index in [9.17, 15) is 13.2 Å². The number of nitrogens with zero attached hydrogens (tertiary/aromatic N) is 4. The van der Waals surface area contributed by atoms with Gasteiger partial charge in [-0.15, -0.1) is 0 Å². The molecule has 37 heavy (non-hydrogen) atoms. The highest BCUT2D eigenvalue weighted by molar-refractivity contribution is 7.90. The number of carbonyl (C=O) groups is 1. The minimum Gasteiger partial charge on any atom is -0.375 e. The second-order valence-corrected chi connectivity index (χ2v) is 11.3. The minimum atomic E-state index is -4.05. The first-order valence-corrected chi connectivity index (χ1v) is 13.8. The van der Waals surface area contributed by atoms with Crippen molar-refractivity contribution in [2.75, 3.05) is 18.5 Å². The Balaban J connectivity index is 1.66. The van der Waals surface area contributed by atoms with Crippen LogP contribution < -0.4 is 9.62 Å². The summed E-state index contributed by atoms with van der Waals surface area (Å²) in [6, 6.07) is 13.8. The minimum absolute atomic E-state index is 0.00723. The molecule has 0 radical (unpaired) electrons. The summed E-state index contributed by atoms with van der Waals surface area (Å²) in [6.07, 6.45) is 1.03. The quantitative estimate of drug-likeness (QED) is 0.337. The summed E-state index contributed by atoms with van der Waals surface area (Å²) >= 11 is 6.64. The number of aromatic nitrogens is 3. The van der Waals surface area contributed by atoms with Gasteiger partial charge in [-0.2, -0.15) is 0 Å². The number of carbonyl (C=O) groups excluding carboxylic acids is 1. The number of sulfonamides is 1. The van der Waals surface area contributed by atoms with Crippen molar-refractivity contribution in [2.24, 2.45) is 0 Å². The van der Waals surface area contributed by atoms with Crippen LogP contribution in [0.15, 0.2) is 53.4 Å². The maximum Gasteiger partial charge on any atom is 0.283 e. The van der Waals surface area contributed by atoms with Crippen molar-refractivity contribution in [2.45, 2.75) is 45.6 Å². The molecular formula is C27H30ClN5O3S. The van der Waals surface area contributed by atoms with Crippen molar-refractivity contribution in [3.8, 4) is 0 Å². The molecule has 0 fully saturated rings. The third-order valence-corrected chi connectivity index (χ3v) is 7.94. The topological polar surface area (TPSA) is 97.2 Å². The number of halogens is 1. The summed E-state index contributed by atoms with van der Waals surface area (Å²) in [4.78, 5) is 24.3. The number of nitrogens with one attached hydrogen (secondary N) is 1. The monoisotopic (exact) mass is 539 g/mol. The maximum absolute atomic E-state index is 13.0. The molecule has 0 aliphatic rings. The molecule has 4 aromatic rings. The molecule has 194 valence electrons. The normalized spacial score (nSPS) is 11.6. The SMILES string of the molecule is CCCN(C)c1ccc(Cn2c(C)nc3c(C)cc(C(=O)NS(=O)(=O)c4ccc(C)cc4)nc32)c(Cl)c1. The van der Waals surface area contributed by atoms with Crippen molar-refractivity contribution in [3.63, 3.8) is 0 Å². The van der Waals surface area contributed by atoms with Gasteiger partial charge >= 0.3 is 0 Å². The Bertz CT molecular complexity index is 1580. The van der Waals surface area contributed by atoms with E-state index < -0.39 is 15.9 Å². The number of rotatable bonds is 8. The molecule has 10 heteroatoms. The van der Waals surface area contributed by atoms with Gasteiger partial charge in [-0.1, -0.05) is 42.3 Å². The van der Waals surface area contributed by atoms with Crippen molar-refractivity contribution >= 4 is 44.4 Å². The molecule has 0 spiro atoms. The summed E-state index contributed by atoms with van der Waals surface area (Å²) in [5, 5.41) is 0.622. The highest BCUT2D eigenvalue weighted by Gasteiger charge is 2.22. The van der Waals surface area contributed by atoms with Crippen LogP contribution >= 0.6 is 11.6 Å². The van der Waals surface area contributed by atoms with Gasteiger partial charge in [-0.05, 0) is 68.7 Å². The lowest BCUT2D eigenvalue weighted by Gasteiger charge is -2.19. The van der Waals surface area contributed by atoms with Crippen LogP contribution in [0.2, 0.25) is 5.02 Å². The number of aryl methyl sites for hydroxylation is 3. The number of fused-ring (bicyclic) bond motifs is 1.